The number of amides is 1. The molecule has 29 heavy (non-hydrogen) atoms. The van der Waals surface area contributed by atoms with Crippen molar-refractivity contribution in [2.75, 3.05) is 12.9 Å². The van der Waals surface area contributed by atoms with E-state index in [4.69, 9.17) is 26.4 Å². The molecule has 0 spiro atoms. The molecule has 0 saturated heterocycles. The average Bonchev–Trinajstić information content (AvgIpc) is 2.70. The minimum absolute atomic E-state index is 0.203. The summed E-state index contributed by atoms with van der Waals surface area (Å²) in [4.78, 5) is 17.9. The highest BCUT2D eigenvalue weighted by Crippen LogP contribution is 2.41. The summed E-state index contributed by atoms with van der Waals surface area (Å²) >= 11 is 11.3. The zero-order valence-corrected chi connectivity index (χ0v) is 18.9. The lowest BCUT2D eigenvalue weighted by Gasteiger charge is -2.34. The number of para-hydroxylation sites is 1. The van der Waals surface area contributed by atoms with E-state index < -0.39 is 6.17 Å². The Bertz CT molecular complexity index is 1140. The number of fused-ring (bicyclic) bond motifs is 2. The van der Waals surface area contributed by atoms with Gasteiger partial charge in [-0.1, -0.05) is 48.5 Å². The highest BCUT2D eigenvalue weighted by atomic mass is 79.9. The third kappa shape index (κ3) is 3.76. The number of ether oxygens (including phenoxy) is 1. The van der Waals surface area contributed by atoms with Crippen LogP contribution in [0.15, 0.2) is 51.0 Å². The summed E-state index contributed by atoms with van der Waals surface area (Å²) < 4.78 is 6.33. The molecular formula is C20H18BrClN4O2S. The van der Waals surface area contributed by atoms with Gasteiger partial charge in [0.25, 0.3) is 5.91 Å². The molecule has 1 N–H and O–H groups in total. The summed E-state index contributed by atoms with van der Waals surface area (Å²) in [7, 11) is 1.59. The van der Waals surface area contributed by atoms with Crippen LogP contribution in [0, 0.1) is 0 Å². The molecular weight excluding hydrogens is 476 g/mol. The average molecular weight is 494 g/mol. The van der Waals surface area contributed by atoms with E-state index in [0.717, 1.165) is 28.3 Å². The second-order valence-corrected chi connectivity index (χ2v) is 8.81. The minimum Gasteiger partial charge on any atom is -0.495 e. The first kappa shape index (κ1) is 20.3. The van der Waals surface area contributed by atoms with Gasteiger partial charge in [0, 0.05) is 21.6 Å². The molecule has 0 aromatic heterocycles. The van der Waals surface area contributed by atoms with Crippen LogP contribution in [0.2, 0.25) is 5.02 Å². The molecule has 4 rings (SSSR count). The van der Waals surface area contributed by atoms with Crippen molar-refractivity contribution in [2.45, 2.75) is 19.5 Å². The summed E-state index contributed by atoms with van der Waals surface area (Å²) in [5, 5.41) is 11.8. The first-order valence-corrected chi connectivity index (χ1v) is 11.2. The Balaban J connectivity index is 1.96. The molecule has 2 aromatic rings. The Morgan fingerprint density at radius 2 is 2.14 bits per heavy atom. The minimum atomic E-state index is -0.590. The number of halogens is 2. The number of rotatable bonds is 4. The molecule has 0 saturated carbocycles. The predicted octanol–water partition coefficient (Wildman–Crippen LogP) is 3.40. The SMILES string of the molecule is CCCSC1=NN2C(=c3ccccc3=NC2c2cc(Cl)cc(Br)c2OC)C(=O)N1. The Hall–Kier alpha value is -2.03. The monoisotopic (exact) mass is 492 g/mol. The molecule has 0 aliphatic carbocycles. The summed E-state index contributed by atoms with van der Waals surface area (Å²) in [5.41, 5.74) is 1.18. The quantitative estimate of drug-likeness (QED) is 0.709. The molecule has 1 unspecified atom stereocenters. The Morgan fingerprint density at radius 1 is 1.34 bits per heavy atom. The molecule has 2 aliphatic rings. The van der Waals surface area contributed by atoms with E-state index in [1.54, 1.807) is 24.3 Å². The van der Waals surface area contributed by atoms with Crippen molar-refractivity contribution in [2.24, 2.45) is 10.1 Å². The zero-order chi connectivity index (χ0) is 20.5. The highest BCUT2D eigenvalue weighted by molar-refractivity contribution is 9.10. The number of methoxy groups -OCH3 is 1. The van der Waals surface area contributed by atoms with Gasteiger partial charge >= 0.3 is 0 Å². The van der Waals surface area contributed by atoms with Gasteiger partial charge in [-0.3, -0.25) is 15.1 Å². The molecule has 0 radical (unpaired) electrons. The standard InChI is InChI=1S/C20H18BrClN4O2S/c1-3-8-29-20-24-19(27)16-12-6-4-5-7-15(12)23-18(26(16)25-20)13-9-11(22)10-14(21)17(13)28-2/h4-7,9-10,18H,3,8H2,1-2H3,(H,24,25,27). The van der Waals surface area contributed by atoms with Crippen LogP contribution in [0.25, 0.3) is 5.70 Å². The van der Waals surface area contributed by atoms with Crippen LogP contribution in [0.4, 0.5) is 0 Å². The smallest absolute Gasteiger partial charge is 0.276 e. The van der Waals surface area contributed by atoms with E-state index in [2.05, 4.69) is 28.2 Å². The fraction of sp³-hybridized carbons (Fsp3) is 0.250. The van der Waals surface area contributed by atoms with Crippen molar-refractivity contribution in [3.8, 4) is 5.75 Å². The van der Waals surface area contributed by atoms with Gasteiger partial charge in [-0.15, -0.1) is 5.10 Å². The first-order chi connectivity index (χ1) is 14.0. The molecule has 6 nitrogen and oxygen atoms in total. The van der Waals surface area contributed by atoms with Crippen molar-refractivity contribution in [1.82, 2.24) is 10.3 Å². The van der Waals surface area contributed by atoms with Gasteiger partial charge in [-0.25, -0.2) is 5.01 Å². The lowest BCUT2D eigenvalue weighted by molar-refractivity contribution is -0.116. The molecule has 1 amide bonds. The van der Waals surface area contributed by atoms with Crippen LogP contribution in [-0.4, -0.2) is 28.9 Å². The summed E-state index contributed by atoms with van der Waals surface area (Å²) in [6.45, 7) is 2.08. The van der Waals surface area contributed by atoms with Crippen LogP contribution in [0.5, 0.6) is 5.75 Å². The van der Waals surface area contributed by atoms with Crippen molar-refractivity contribution < 1.29 is 9.53 Å². The second kappa shape index (κ2) is 8.38. The lowest BCUT2D eigenvalue weighted by atomic mass is 10.1. The first-order valence-electron chi connectivity index (χ1n) is 9.05. The lowest BCUT2D eigenvalue weighted by Crippen LogP contribution is -2.50. The number of nitrogens with zero attached hydrogens (tertiary/aromatic N) is 3. The Labute approximate surface area is 185 Å². The molecule has 9 heteroatoms. The maximum atomic E-state index is 13.0. The van der Waals surface area contributed by atoms with Crippen LogP contribution >= 0.6 is 39.3 Å². The maximum absolute atomic E-state index is 13.0. The number of thioether (sulfide) groups is 1. The number of carbonyl (C=O) groups excluding carboxylic acids is 1. The van der Waals surface area contributed by atoms with E-state index in [1.807, 2.05) is 24.3 Å². The van der Waals surface area contributed by atoms with Gasteiger partial charge in [0.15, 0.2) is 11.3 Å². The van der Waals surface area contributed by atoms with Crippen molar-refractivity contribution in [3.63, 3.8) is 0 Å². The van der Waals surface area contributed by atoms with Crippen molar-refractivity contribution >= 4 is 56.1 Å². The van der Waals surface area contributed by atoms with E-state index >= 15 is 0 Å². The Kier molecular flexibility index (Phi) is 5.85. The van der Waals surface area contributed by atoms with Gasteiger partial charge in [-0.05, 0) is 40.5 Å². The summed E-state index contributed by atoms with van der Waals surface area (Å²) in [6.07, 6.45) is 0.384. The van der Waals surface area contributed by atoms with Gasteiger partial charge in [0.1, 0.15) is 11.4 Å². The van der Waals surface area contributed by atoms with Gasteiger partial charge in [0.2, 0.25) is 0 Å². The maximum Gasteiger partial charge on any atom is 0.276 e. The number of benzene rings is 2. The van der Waals surface area contributed by atoms with E-state index in [1.165, 1.54) is 11.8 Å². The van der Waals surface area contributed by atoms with Crippen LogP contribution < -0.4 is 20.6 Å². The highest BCUT2D eigenvalue weighted by Gasteiger charge is 2.36. The fourth-order valence-electron chi connectivity index (χ4n) is 3.28. The zero-order valence-electron chi connectivity index (χ0n) is 15.8. The summed E-state index contributed by atoms with van der Waals surface area (Å²) in [6, 6.07) is 11.1. The number of hydrazone groups is 1. The van der Waals surface area contributed by atoms with E-state index in [9.17, 15) is 4.79 Å². The number of nitrogens with one attached hydrogen (secondary N) is 1. The van der Waals surface area contributed by atoms with Crippen LogP contribution in [0.3, 0.4) is 0 Å². The molecule has 2 aliphatic heterocycles. The topological polar surface area (TPSA) is 66.3 Å². The number of hydrogen-bond donors (Lipinski definition) is 1. The third-order valence-corrected chi connectivity index (χ3v) is 6.35. The van der Waals surface area contributed by atoms with Gasteiger partial charge in [0.05, 0.1) is 16.9 Å². The van der Waals surface area contributed by atoms with E-state index in [0.29, 0.717) is 26.1 Å². The van der Waals surface area contributed by atoms with Gasteiger partial charge in [-0.2, -0.15) is 0 Å². The Morgan fingerprint density at radius 3 is 2.90 bits per heavy atom. The largest absolute Gasteiger partial charge is 0.495 e. The van der Waals surface area contributed by atoms with Crippen molar-refractivity contribution in [1.29, 1.82) is 0 Å². The van der Waals surface area contributed by atoms with Crippen molar-refractivity contribution in [3.05, 3.63) is 62.0 Å². The predicted molar refractivity (Wildman–Crippen MR) is 119 cm³/mol. The molecule has 2 aromatic carbocycles. The molecule has 2 heterocycles. The van der Waals surface area contributed by atoms with E-state index in [-0.39, 0.29) is 5.91 Å². The van der Waals surface area contributed by atoms with Crippen LogP contribution in [-0.2, 0) is 4.79 Å². The fourth-order valence-corrected chi connectivity index (χ4v) is 4.99. The molecule has 0 bridgehead atoms. The van der Waals surface area contributed by atoms with Gasteiger partial charge < -0.3 is 4.74 Å². The number of hydrogen-bond acceptors (Lipinski definition) is 6. The molecule has 0 fully saturated rings. The number of carbonyl (C=O) groups is 1. The molecule has 150 valence electrons. The number of amidine groups is 1. The normalized spacial score (nSPS) is 17.7. The van der Waals surface area contributed by atoms with Crippen LogP contribution in [0.1, 0.15) is 25.1 Å². The summed E-state index contributed by atoms with van der Waals surface area (Å²) in [5.74, 6) is 1.25. The molecule has 1 atom stereocenters. The third-order valence-electron chi connectivity index (χ3n) is 4.48. The second-order valence-electron chi connectivity index (χ2n) is 6.43.